The van der Waals surface area contributed by atoms with Gasteiger partial charge in [0.2, 0.25) is 35.4 Å². The number of aromatic nitrogens is 2. The maximum Gasteiger partial charge on any atom is 0.524 e. The van der Waals surface area contributed by atoms with Crippen molar-refractivity contribution in [3.63, 3.8) is 0 Å². The molecule has 5 heterocycles. The topological polar surface area (TPSA) is 391 Å². The molecule has 4 fully saturated rings. The lowest BCUT2D eigenvalue weighted by Crippen LogP contribution is -2.74. The Kier molecular flexibility index (Phi) is 31.9. The van der Waals surface area contributed by atoms with Gasteiger partial charge in [-0.3, -0.25) is 43.5 Å². The van der Waals surface area contributed by atoms with E-state index < -0.39 is 60.7 Å². The second kappa shape index (κ2) is 40.8. The summed E-state index contributed by atoms with van der Waals surface area (Å²) in [7, 11) is 0.316. The molecule has 32 nitrogen and oxygen atoms in total. The molecule has 0 radical (unpaired) electrons. The molecule has 626 valence electrons. The van der Waals surface area contributed by atoms with Gasteiger partial charge in [-0.2, -0.15) is 11.8 Å². The molecule has 3 unspecified atom stereocenters. The summed E-state index contributed by atoms with van der Waals surface area (Å²) in [5, 5.41) is 12.7. The van der Waals surface area contributed by atoms with Crippen molar-refractivity contribution in [1.29, 1.82) is 0 Å². The van der Waals surface area contributed by atoms with Gasteiger partial charge in [0.15, 0.2) is 11.5 Å². The van der Waals surface area contributed by atoms with Crippen LogP contribution in [0.2, 0.25) is 0 Å². The number of fused-ring (bicyclic) bond motifs is 6. The number of imide groups is 1. The highest BCUT2D eigenvalue weighted by molar-refractivity contribution is 8.00. The number of methoxy groups -OCH3 is 1. The molecule has 3 saturated carbocycles. The zero-order chi connectivity index (χ0) is 82.2. The summed E-state index contributed by atoms with van der Waals surface area (Å²) in [5.74, 6) is -1.49. The summed E-state index contributed by atoms with van der Waals surface area (Å²) >= 11 is 26.4. The first-order valence-corrected chi connectivity index (χ1v) is 42.7. The van der Waals surface area contributed by atoms with Gasteiger partial charge in [-0.1, -0.05) is 26.0 Å². The number of primary amides is 1. The number of phosphoric ester groups is 1. The van der Waals surface area contributed by atoms with Crippen molar-refractivity contribution in [2.45, 2.75) is 115 Å². The minimum atomic E-state index is -4.94. The van der Waals surface area contributed by atoms with Crippen LogP contribution < -0.4 is 46.1 Å². The van der Waals surface area contributed by atoms with Gasteiger partial charge in [0, 0.05) is 142 Å². The number of alkyl halides is 2. The lowest BCUT2D eigenvalue weighted by atomic mass is 9.34. The predicted octanol–water partition coefficient (Wildman–Crippen LogP) is 7.41. The van der Waals surface area contributed by atoms with E-state index in [1.807, 2.05) is 44.3 Å². The molecular weight excluding hydrogens is 1600 g/mol. The minimum Gasteiger partial charge on any atom is -0.466 e. The van der Waals surface area contributed by atoms with Crippen molar-refractivity contribution in [3.05, 3.63) is 76.6 Å². The lowest BCUT2D eigenvalue weighted by Gasteiger charge is -2.72. The van der Waals surface area contributed by atoms with E-state index >= 15 is 4.79 Å². The zero-order valence-corrected chi connectivity index (χ0v) is 70.3. The van der Waals surface area contributed by atoms with Crippen molar-refractivity contribution < 1.29 is 95.1 Å². The number of nitrogens with zero attached hydrogens (tertiary/aromatic N) is 5. The van der Waals surface area contributed by atoms with E-state index in [9.17, 15) is 43.1 Å². The number of nitrogens with two attached hydrogens (primary N) is 1. The summed E-state index contributed by atoms with van der Waals surface area (Å²) < 4.78 is 69.6. The molecule has 0 spiro atoms. The Morgan fingerprint density at radius 1 is 0.754 bits per heavy atom. The molecule has 5 aromatic rings. The van der Waals surface area contributed by atoms with E-state index in [1.54, 1.807) is 74.3 Å². The van der Waals surface area contributed by atoms with Gasteiger partial charge in [0.25, 0.3) is 10.3 Å². The van der Waals surface area contributed by atoms with E-state index in [0.717, 1.165) is 49.8 Å². The number of thioether (sulfide) groups is 1. The van der Waals surface area contributed by atoms with Crippen LogP contribution in [0.5, 0.6) is 11.5 Å². The number of H-pyrrole nitrogens is 2. The number of likely N-dealkylation sites (N-methyl/N-ethyl adjacent to an activating group) is 2. The number of urea groups is 1. The standard InChI is InChI=1S/C76H105Cl2N12O20PS3/c1-45(2)64(85-58(91)15-20-102-22-24-104-26-28-106-30-31-107-29-27-105-25-23-103-21-19-88-59(92)34-57(114-8)69(88)95)68(94)84-52(10-9-16-80-72(79)97)67(93)83-51-13-11-48(12-14-51)41-108-73(112)86(5)17-18-87(6)74(113)109-55-32-53-62(60-46(3)37-81-65(55)60)49(35-77)39-89(53)70(96)75-42-76(43-75,44-75)71(101-7)90-40-50(36-78)63-54(90)33-56(110-111(98,99)100)66-61(63)47(4)38-82-66/h11-14,32-33,37-38,45,49-50,52,57,64,71,81-82H,9-10,15-31,34-36,39-44H2,1-8H3,(H,83,93)(H,84,94)(H,85,91)(H3,79,80,97)(H2,98,99,100)/t49-,50?,52+,57?,64+,71?,75?,76?/m1/s1. The Labute approximate surface area is 687 Å². The number of anilines is 3. The van der Waals surface area contributed by atoms with Crippen LogP contribution in [-0.4, -0.2) is 268 Å². The van der Waals surface area contributed by atoms with Gasteiger partial charge in [0.1, 0.15) is 24.9 Å². The highest BCUT2D eigenvalue weighted by Crippen LogP contribution is 2.77. The number of likely N-dealkylation sites (tertiary alicyclic amines) is 1. The van der Waals surface area contributed by atoms with Crippen molar-refractivity contribution in [3.8, 4) is 11.5 Å². The molecule has 38 heteroatoms. The quantitative estimate of drug-likeness (QED) is 0.00601. The van der Waals surface area contributed by atoms with Gasteiger partial charge in [-0.25, -0.2) is 9.36 Å². The minimum absolute atomic E-state index is 0.00613. The number of benzene rings is 3. The smallest absolute Gasteiger partial charge is 0.466 e. The van der Waals surface area contributed by atoms with Crippen molar-refractivity contribution >= 4 is 158 Å². The first kappa shape index (κ1) is 89.2. The summed E-state index contributed by atoms with van der Waals surface area (Å²) in [5.41, 5.74) is 11.8. The molecule has 114 heavy (non-hydrogen) atoms. The molecule has 3 aromatic carbocycles. The van der Waals surface area contributed by atoms with Crippen molar-refractivity contribution in [2.24, 2.45) is 22.5 Å². The van der Waals surface area contributed by atoms with Gasteiger partial charge < -0.3 is 104 Å². The molecule has 6 atom stereocenters. The zero-order valence-electron chi connectivity index (χ0n) is 65.4. The first-order valence-electron chi connectivity index (χ1n) is 38.0. The number of aromatic amines is 2. The molecule has 8 amide bonds. The normalized spacial score (nSPS) is 19.6. The molecule has 6 aliphatic rings. The third-order valence-electron chi connectivity index (χ3n) is 21.2. The molecule has 1 saturated heterocycles. The highest BCUT2D eigenvalue weighted by Gasteiger charge is 2.76. The molecule has 3 aliphatic heterocycles. The van der Waals surface area contributed by atoms with E-state index in [2.05, 4.69) is 36.1 Å². The fraction of sp³-hybridized carbons (Fsp3) is 0.592. The van der Waals surface area contributed by atoms with Crippen LogP contribution in [-0.2, 0) is 77.8 Å². The van der Waals surface area contributed by atoms with Gasteiger partial charge in [0.05, 0.1) is 113 Å². The fourth-order valence-corrected chi connectivity index (χ4v) is 17.5. The molecular formula is C76H105Cl2N12O20PS3. The van der Waals surface area contributed by atoms with Gasteiger partial charge >= 0.3 is 13.9 Å². The number of halogens is 2. The third-order valence-corrected chi connectivity index (χ3v) is 24.2. The second-order valence-electron chi connectivity index (χ2n) is 29.6. The van der Waals surface area contributed by atoms with Crippen LogP contribution in [0.1, 0.15) is 98.4 Å². The molecule has 2 aromatic heterocycles. The van der Waals surface area contributed by atoms with Crippen LogP contribution >= 0.6 is 67.2 Å². The van der Waals surface area contributed by atoms with Crippen LogP contribution in [0.15, 0.2) is 48.8 Å². The largest absolute Gasteiger partial charge is 0.524 e. The van der Waals surface area contributed by atoms with Crippen LogP contribution in [0, 0.1) is 30.6 Å². The molecule has 2 bridgehead atoms. The van der Waals surface area contributed by atoms with E-state index in [-0.39, 0.29) is 135 Å². The SMILES string of the molecule is COC(N1CC(CCl)c2c1cc(OP(=O)(O)O)c1[nH]cc(C)c21)C12CC(C(=O)N3C[C@@H](CCl)c4c3cc(OC(=S)N(C)CCN(C)C(=S)OCc3ccc(NC(=O)[C@H](CCCNC(N)=O)NC(=O)[C@@H](NC(=O)CCOCCOCCOCCOCCOCCOCCN5C(=O)CC(SC)C5=O)C(C)C)cc3)c3[nH]cc(C)c43)(C1)C2. The number of carbonyl (C=O) groups is 7. The maximum absolute atomic E-state index is 15.2. The van der Waals surface area contributed by atoms with Crippen molar-refractivity contribution in [2.75, 3.05) is 173 Å². The van der Waals surface area contributed by atoms with Crippen LogP contribution in [0.4, 0.5) is 21.9 Å². The Bertz CT molecular complexity index is 4290. The summed E-state index contributed by atoms with van der Waals surface area (Å²) in [6.07, 6.45) is 7.30. The van der Waals surface area contributed by atoms with Crippen molar-refractivity contribution in [1.82, 2.24) is 40.6 Å². The number of ether oxygens (including phenoxy) is 9. The second-order valence-corrected chi connectivity index (χ2v) is 33.2. The summed E-state index contributed by atoms with van der Waals surface area (Å²) in [4.78, 5) is 127. The monoisotopic (exact) mass is 1700 g/mol. The Balaban J connectivity index is 0.628. The number of hydrogen-bond donors (Lipinski definition) is 9. The number of aryl methyl sites for hydroxylation is 2. The summed E-state index contributed by atoms with van der Waals surface area (Å²) in [6.45, 7) is 13.2. The average Bonchev–Trinajstić information content (AvgIpc) is 0.883. The lowest BCUT2D eigenvalue weighted by molar-refractivity contribution is -0.248. The Morgan fingerprint density at radius 3 is 1.84 bits per heavy atom. The number of carbonyl (C=O) groups excluding carboxylic acids is 7. The molecule has 10 N–H and O–H groups in total. The van der Waals surface area contributed by atoms with Crippen LogP contribution in [0.25, 0.3) is 21.8 Å². The molecule has 3 aliphatic carbocycles. The van der Waals surface area contributed by atoms with E-state index in [1.165, 1.54) is 16.7 Å². The molecule has 11 rings (SSSR count). The van der Waals surface area contributed by atoms with Gasteiger partial charge in [-0.05, 0) is 123 Å². The average molecular weight is 1700 g/mol. The maximum atomic E-state index is 15.2. The van der Waals surface area contributed by atoms with Gasteiger partial charge in [-0.15, -0.1) is 23.2 Å². The number of amides is 8. The number of phosphoric acid groups is 1. The van der Waals surface area contributed by atoms with E-state index in [4.69, 9.17) is 101 Å². The van der Waals surface area contributed by atoms with Crippen LogP contribution in [0.3, 0.4) is 0 Å². The number of rotatable bonds is 46. The number of nitrogens with one attached hydrogen (secondary N) is 6. The predicted molar refractivity (Wildman–Crippen MR) is 440 cm³/mol. The number of thiocarbonyl (C=S) groups is 2. The van der Waals surface area contributed by atoms with E-state index in [0.29, 0.717) is 127 Å². The Morgan fingerprint density at radius 2 is 1.30 bits per heavy atom. The summed E-state index contributed by atoms with van der Waals surface area (Å²) in [6, 6.07) is 7.63. The Hall–Kier alpha value is -7.19. The highest BCUT2D eigenvalue weighted by atomic mass is 35.5. The third kappa shape index (κ3) is 21.8. The number of hydrogen-bond acceptors (Lipinski definition) is 22. The first-order chi connectivity index (χ1) is 54.5. The fourth-order valence-electron chi connectivity index (χ4n) is 15.6.